The molecule has 10 heteroatoms. The Morgan fingerprint density at radius 1 is 0.846 bits per heavy atom. The van der Waals surface area contributed by atoms with Gasteiger partial charge >= 0.3 is 0 Å². The molecule has 0 bridgehead atoms. The summed E-state index contributed by atoms with van der Waals surface area (Å²) in [5.74, 6) is 2.40. The molecule has 0 spiro atoms. The number of hydrogen-bond acceptors (Lipinski definition) is 8. The molecule has 1 N–H and O–H groups in total. The highest BCUT2D eigenvalue weighted by Gasteiger charge is 2.28. The zero-order valence-electron chi connectivity index (χ0n) is 21.9. The fourth-order valence-electron chi connectivity index (χ4n) is 4.93. The second-order valence-corrected chi connectivity index (χ2v) is 10.5. The lowest BCUT2D eigenvalue weighted by molar-refractivity contribution is 0.101. The van der Waals surface area contributed by atoms with Crippen molar-refractivity contribution in [3.8, 4) is 16.9 Å². The summed E-state index contributed by atoms with van der Waals surface area (Å²) >= 11 is 0. The first-order chi connectivity index (χ1) is 18.9. The minimum Gasteiger partial charge on any atom is -0.497 e. The summed E-state index contributed by atoms with van der Waals surface area (Å²) in [5, 5.41) is 16.7. The van der Waals surface area contributed by atoms with Crippen LogP contribution in [-0.2, 0) is 5.60 Å². The number of aromatic nitrogens is 5. The molecule has 3 aromatic heterocycles. The van der Waals surface area contributed by atoms with Crippen LogP contribution >= 0.6 is 9.24 Å². The lowest BCUT2D eigenvalue weighted by Crippen LogP contribution is -2.47. The highest BCUT2D eigenvalue weighted by atomic mass is 31.0. The van der Waals surface area contributed by atoms with E-state index in [1.165, 1.54) is 0 Å². The maximum atomic E-state index is 11.2. The van der Waals surface area contributed by atoms with Crippen LogP contribution in [0.1, 0.15) is 18.1 Å². The summed E-state index contributed by atoms with van der Waals surface area (Å²) in [5.41, 5.74) is 3.43. The molecule has 5 aromatic rings. The Labute approximate surface area is 229 Å². The number of aliphatic hydroxyl groups is 1. The van der Waals surface area contributed by atoms with Gasteiger partial charge in [-0.1, -0.05) is 36.4 Å². The number of piperazine rings is 1. The van der Waals surface area contributed by atoms with Crippen molar-refractivity contribution in [1.29, 1.82) is 0 Å². The summed E-state index contributed by atoms with van der Waals surface area (Å²) in [6, 6.07) is 17.9. The molecule has 1 fully saturated rings. The molecule has 0 saturated carbocycles. The Hall–Kier alpha value is -4.07. The first-order valence-corrected chi connectivity index (χ1v) is 13.4. The van der Waals surface area contributed by atoms with Crippen molar-refractivity contribution in [2.45, 2.75) is 12.5 Å². The van der Waals surface area contributed by atoms with E-state index < -0.39 is 5.60 Å². The Morgan fingerprint density at radius 3 is 2.18 bits per heavy atom. The van der Waals surface area contributed by atoms with E-state index in [-0.39, 0.29) is 0 Å². The zero-order chi connectivity index (χ0) is 27.0. The second-order valence-electron chi connectivity index (χ2n) is 9.81. The van der Waals surface area contributed by atoms with Crippen molar-refractivity contribution < 1.29 is 9.84 Å². The Balaban J connectivity index is 1.16. The fraction of sp³-hybridized carbons (Fsp3) is 0.241. The van der Waals surface area contributed by atoms with Crippen LogP contribution in [0.2, 0.25) is 0 Å². The number of methoxy groups -OCH3 is 1. The number of anilines is 2. The lowest BCUT2D eigenvalue weighted by atomic mass is 9.90. The monoisotopic (exact) mass is 539 g/mol. The van der Waals surface area contributed by atoms with Gasteiger partial charge in [0.15, 0.2) is 5.82 Å². The van der Waals surface area contributed by atoms with E-state index in [2.05, 4.69) is 45.2 Å². The van der Waals surface area contributed by atoms with Crippen LogP contribution in [0, 0.1) is 0 Å². The van der Waals surface area contributed by atoms with Crippen molar-refractivity contribution in [1.82, 2.24) is 24.6 Å². The molecular weight excluding hydrogens is 509 g/mol. The fourth-order valence-corrected chi connectivity index (χ4v) is 5.12. The Morgan fingerprint density at radius 2 is 1.51 bits per heavy atom. The average molecular weight is 540 g/mol. The molecule has 6 rings (SSSR count). The Bertz CT molecular complexity index is 1580. The van der Waals surface area contributed by atoms with Crippen LogP contribution in [0.25, 0.3) is 16.6 Å². The maximum absolute atomic E-state index is 11.2. The maximum Gasteiger partial charge on any atom is 0.225 e. The third-order valence-electron chi connectivity index (χ3n) is 7.34. The van der Waals surface area contributed by atoms with Crippen LogP contribution in [0.15, 0.2) is 79.5 Å². The Kier molecular flexibility index (Phi) is 6.62. The van der Waals surface area contributed by atoms with E-state index in [1.807, 2.05) is 59.2 Å². The normalized spacial score (nSPS) is 15.4. The average Bonchev–Trinajstić information content (AvgIpc) is 3.42. The minimum atomic E-state index is -1.17. The SMILES string of the molecule is COc1ccc(-c2cc3c(N4CCN(c5ncc(C(C)(O)c6ccc(P)cc6)cn5)CC4)ncnn3c2)cc1. The van der Waals surface area contributed by atoms with Crippen molar-refractivity contribution in [2.24, 2.45) is 0 Å². The van der Waals surface area contributed by atoms with Crippen molar-refractivity contribution >= 4 is 31.8 Å². The number of hydrogen-bond donors (Lipinski definition) is 1. The molecule has 2 atom stereocenters. The first kappa shape index (κ1) is 25.2. The van der Waals surface area contributed by atoms with Gasteiger partial charge in [-0.25, -0.2) is 19.5 Å². The highest BCUT2D eigenvalue weighted by molar-refractivity contribution is 7.27. The standard InChI is InChI=1S/C29H30N7O2P/c1-29(37,22-5-9-25(39)10-6-22)23-16-30-28(31-17-23)35-13-11-34(12-14-35)27-26-15-21(18-36(26)33-19-32-27)20-3-7-24(38-2)8-4-20/h3-10,15-19,37H,11-14,39H2,1-2H3. The number of benzene rings is 2. The largest absolute Gasteiger partial charge is 0.497 e. The van der Waals surface area contributed by atoms with E-state index in [0.29, 0.717) is 11.5 Å². The van der Waals surface area contributed by atoms with Crippen LogP contribution in [-0.4, -0.2) is 63.0 Å². The molecule has 0 aliphatic carbocycles. The molecule has 1 aliphatic heterocycles. The molecule has 4 heterocycles. The van der Waals surface area contributed by atoms with Gasteiger partial charge < -0.3 is 19.6 Å². The predicted octanol–water partition coefficient (Wildman–Crippen LogP) is 3.28. The van der Waals surface area contributed by atoms with E-state index in [0.717, 1.165) is 65.3 Å². The third kappa shape index (κ3) is 4.91. The van der Waals surface area contributed by atoms with Gasteiger partial charge in [-0.3, -0.25) is 0 Å². The van der Waals surface area contributed by atoms with Crippen LogP contribution in [0.4, 0.5) is 11.8 Å². The van der Waals surface area contributed by atoms with Crippen LogP contribution in [0.3, 0.4) is 0 Å². The number of ether oxygens (including phenoxy) is 1. The van der Waals surface area contributed by atoms with Gasteiger partial charge in [0.25, 0.3) is 0 Å². The van der Waals surface area contributed by atoms with E-state index in [4.69, 9.17) is 4.74 Å². The summed E-state index contributed by atoms with van der Waals surface area (Å²) in [6.07, 6.45) is 7.07. The van der Waals surface area contributed by atoms with Crippen molar-refractivity contribution in [3.63, 3.8) is 0 Å². The molecule has 0 amide bonds. The quantitative estimate of drug-likeness (QED) is 0.329. The number of fused-ring (bicyclic) bond motifs is 1. The van der Waals surface area contributed by atoms with E-state index in [9.17, 15) is 5.11 Å². The minimum absolute atomic E-state index is 0.658. The molecule has 1 aliphatic rings. The van der Waals surface area contributed by atoms with Crippen molar-refractivity contribution in [3.05, 3.63) is 90.6 Å². The first-order valence-electron chi connectivity index (χ1n) is 12.8. The molecular formula is C29H30N7O2P. The van der Waals surface area contributed by atoms with Gasteiger partial charge in [0.1, 0.15) is 23.2 Å². The van der Waals surface area contributed by atoms with Gasteiger partial charge in [0.05, 0.1) is 7.11 Å². The van der Waals surface area contributed by atoms with Gasteiger partial charge in [-0.05, 0) is 41.6 Å². The molecule has 9 nitrogen and oxygen atoms in total. The zero-order valence-corrected chi connectivity index (χ0v) is 23.1. The molecule has 2 unspecified atom stereocenters. The van der Waals surface area contributed by atoms with Gasteiger partial charge in [-0.2, -0.15) is 5.10 Å². The van der Waals surface area contributed by atoms with Crippen LogP contribution in [0.5, 0.6) is 5.75 Å². The molecule has 39 heavy (non-hydrogen) atoms. The van der Waals surface area contributed by atoms with Crippen molar-refractivity contribution in [2.75, 3.05) is 43.1 Å². The predicted molar refractivity (Wildman–Crippen MR) is 156 cm³/mol. The van der Waals surface area contributed by atoms with E-state index >= 15 is 0 Å². The summed E-state index contributed by atoms with van der Waals surface area (Å²) in [7, 11) is 4.32. The smallest absolute Gasteiger partial charge is 0.225 e. The lowest BCUT2D eigenvalue weighted by Gasteiger charge is -2.35. The molecule has 0 radical (unpaired) electrons. The third-order valence-corrected chi connectivity index (χ3v) is 7.73. The van der Waals surface area contributed by atoms with Gasteiger partial charge in [0.2, 0.25) is 5.95 Å². The van der Waals surface area contributed by atoms with Gasteiger partial charge in [0, 0.05) is 55.9 Å². The molecule has 1 saturated heterocycles. The second kappa shape index (κ2) is 10.2. The number of nitrogens with zero attached hydrogens (tertiary/aromatic N) is 7. The molecule has 198 valence electrons. The van der Waals surface area contributed by atoms with E-state index in [1.54, 1.807) is 32.8 Å². The highest BCUT2D eigenvalue weighted by Crippen LogP contribution is 2.30. The summed E-state index contributed by atoms with van der Waals surface area (Å²) in [4.78, 5) is 18.3. The van der Waals surface area contributed by atoms with Gasteiger partial charge in [-0.15, -0.1) is 9.24 Å². The molecule has 2 aromatic carbocycles. The topological polar surface area (TPSA) is 91.9 Å². The summed E-state index contributed by atoms with van der Waals surface area (Å²) < 4.78 is 7.17. The number of rotatable bonds is 6. The summed E-state index contributed by atoms with van der Waals surface area (Å²) in [6.45, 7) is 4.84. The van der Waals surface area contributed by atoms with Crippen LogP contribution < -0.4 is 19.8 Å².